The van der Waals surface area contributed by atoms with Gasteiger partial charge in [-0.3, -0.25) is 9.69 Å². The van der Waals surface area contributed by atoms with Crippen LogP contribution >= 0.6 is 0 Å². The molecule has 8 nitrogen and oxygen atoms in total. The summed E-state index contributed by atoms with van der Waals surface area (Å²) in [6.45, 7) is 5.10. The Morgan fingerprint density at radius 3 is 2.34 bits per heavy atom. The molecule has 0 amide bonds. The number of sulfone groups is 1. The summed E-state index contributed by atoms with van der Waals surface area (Å²) in [5.41, 5.74) is 1.34. The molecular weight excluding hydrogens is 394 g/mol. The molecule has 2 aromatic rings. The zero-order valence-corrected chi connectivity index (χ0v) is 17.9. The third-order valence-corrected chi connectivity index (χ3v) is 5.48. The van der Waals surface area contributed by atoms with Gasteiger partial charge in [-0.25, -0.2) is 13.1 Å². The first-order chi connectivity index (χ1) is 13.7. The van der Waals surface area contributed by atoms with Crippen molar-refractivity contribution in [3.8, 4) is 11.3 Å². The SMILES string of the molecule is CC(C)Cn1nc(-c2cccc(S(C)(=O)=O)c2)cc(CN(CCO)CCO)c1=O. The minimum absolute atomic E-state index is 0.0888. The van der Waals surface area contributed by atoms with E-state index < -0.39 is 9.84 Å². The van der Waals surface area contributed by atoms with Gasteiger partial charge in [0.15, 0.2) is 9.84 Å². The number of hydrogen-bond acceptors (Lipinski definition) is 7. The Morgan fingerprint density at radius 2 is 1.79 bits per heavy atom. The molecule has 2 rings (SSSR count). The van der Waals surface area contributed by atoms with E-state index in [1.54, 1.807) is 29.2 Å². The van der Waals surface area contributed by atoms with Gasteiger partial charge in [0.1, 0.15) is 0 Å². The van der Waals surface area contributed by atoms with E-state index in [1.165, 1.54) is 10.7 Å². The van der Waals surface area contributed by atoms with Crippen LogP contribution in [-0.2, 0) is 22.9 Å². The van der Waals surface area contributed by atoms with Gasteiger partial charge in [-0.05, 0) is 24.1 Å². The number of benzene rings is 1. The molecule has 1 aromatic heterocycles. The fraction of sp³-hybridized carbons (Fsp3) is 0.500. The molecule has 0 aliphatic heterocycles. The van der Waals surface area contributed by atoms with Crippen molar-refractivity contribution in [1.29, 1.82) is 0 Å². The van der Waals surface area contributed by atoms with Crippen molar-refractivity contribution < 1.29 is 18.6 Å². The standard InChI is InChI=1S/C20H29N3O5S/c1-15(2)13-23-20(26)17(14-22(7-9-24)8-10-25)12-19(21-23)16-5-4-6-18(11-16)29(3,27)28/h4-6,11-12,15,24-25H,7-10,13-14H2,1-3H3. The van der Waals surface area contributed by atoms with Crippen LogP contribution in [0, 0.1) is 5.92 Å². The topological polar surface area (TPSA) is 113 Å². The van der Waals surface area contributed by atoms with Gasteiger partial charge in [-0.15, -0.1) is 0 Å². The lowest BCUT2D eigenvalue weighted by molar-refractivity contribution is 0.155. The first-order valence-corrected chi connectivity index (χ1v) is 11.4. The fourth-order valence-electron chi connectivity index (χ4n) is 3.00. The number of nitrogens with zero attached hydrogens (tertiary/aromatic N) is 3. The predicted octanol–water partition coefficient (Wildman–Crippen LogP) is 0.756. The van der Waals surface area contributed by atoms with Crippen molar-refractivity contribution >= 4 is 9.84 Å². The summed E-state index contributed by atoms with van der Waals surface area (Å²) in [4.78, 5) is 14.9. The third-order valence-electron chi connectivity index (χ3n) is 4.37. The zero-order chi connectivity index (χ0) is 21.6. The van der Waals surface area contributed by atoms with Crippen LogP contribution in [0.5, 0.6) is 0 Å². The highest BCUT2D eigenvalue weighted by atomic mass is 32.2. The summed E-state index contributed by atoms with van der Waals surface area (Å²) in [6, 6.07) is 8.13. The van der Waals surface area contributed by atoms with Gasteiger partial charge in [-0.1, -0.05) is 26.0 Å². The Labute approximate surface area is 171 Å². The maximum absolute atomic E-state index is 12.9. The Balaban J connectivity index is 2.57. The molecule has 0 spiro atoms. The van der Waals surface area contributed by atoms with Gasteiger partial charge in [-0.2, -0.15) is 5.10 Å². The summed E-state index contributed by atoms with van der Waals surface area (Å²) in [6.07, 6.45) is 1.15. The molecule has 0 radical (unpaired) electrons. The number of aliphatic hydroxyl groups is 2. The van der Waals surface area contributed by atoms with Crippen LogP contribution < -0.4 is 5.56 Å². The second-order valence-electron chi connectivity index (χ2n) is 7.46. The van der Waals surface area contributed by atoms with Gasteiger partial charge < -0.3 is 10.2 Å². The van der Waals surface area contributed by atoms with Crippen LogP contribution in [0.2, 0.25) is 0 Å². The lowest BCUT2D eigenvalue weighted by Gasteiger charge is -2.21. The van der Waals surface area contributed by atoms with E-state index in [9.17, 15) is 23.4 Å². The molecule has 0 fully saturated rings. The molecule has 0 aliphatic rings. The highest BCUT2D eigenvalue weighted by Crippen LogP contribution is 2.21. The molecule has 0 unspecified atom stereocenters. The second kappa shape index (κ2) is 10.1. The van der Waals surface area contributed by atoms with E-state index in [1.807, 2.05) is 13.8 Å². The molecule has 29 heavy (non-hydrogen) atoms. The number of hydrogen-bond donors (Lipinski definition) is 2. The molecule has 0 bridgehead atoms. The molecule has 1 aromatic carbocycles. The maximum atomic E-state index is 12.9. The van der Waals surface area contributed by atoms with E-state index in [4.69, 9.17) is 0 Å². The molecule has 0 atom stereocenters. The van der Waals surface area contributed by atoms with E-state index >= 15 is 0 Å². The molecule has 1 heterocycles. The van der Waals surface area contributed by atoms with E-state index in [-0.39, 0.29) is 36.1 Å². The highest BCUT2D eigenvalue weighted by Gasteiger charge is 2.16. The molecule has 9 heteroatoms. The van der Waals surface area contributed by atoms with Crippen molar-refractivity contribution in [3.63, 3.8) is 0 Å². The van der Waals surface area contributed by atoms with Crippen LogP contribution in [-0.4, -0.2) is 65.9 Å². The molecule has 0 saturated heterocycles. The largest absolute Gasteiger partial charge is 0.395 e. The summed E-state index contributed by atoms with van der Waals surface area (Å²) in [5, 5.41) is 23.0. The normalized spacial score (nSPS) is 12.1. The van der Waals surface area contributed by atoms with Crippen molar-refractivity contribution in [2.75, 3.05) is 32.6 Å². The van der Waals surface area contributed by atoms with Gasteiger partial charge in [0.05, 0.1) is 23.8 Å². The minimum Gasteiger partial charge on any atom is -0.395 e. The van der Waals surface area contributed by atoms with Crippen LogP contribution in [0.1, 0.15) is 19.4 Å². The van der Waals surface area contributed by atoms with Crippen LogP contribution in [0.4, 0.5) is 0 Å². The van der Waals surface area contributed by atoms with Gasteiger partial charge >= 0.3 is 0 Å². The Kier molecular flexibility index (Phi) is 8.09. The maximum Gasteiger partial charge on any atom is 0.271 e. The van der Waals surface area contributed by atoms with E-state index in [0.29, 0.717) is 36.5 Å². The molecule has 2 N–H and O–H groups in total. The molecule has 0 aliphatic carbocycles. The summed E-state index contributed by atoms with van der Waals surface area (Å²) >= 11 is 0. The zero-order valence-electron chi connectivity index (χ0n) is 17.1. The lowest BCUT2D eigenvalue weighted by atomic mass is 10.1. The fourth-order valence-corrected chi connectivity index (χ4v) is 3.67. The smallest absolute Gasteiger partial charge is 0.271 e. The predicted molar refractivity (Wildman–Crippen MR) is 111 cm³/mol. The summed E-state index contributed by atoms with van der Waals surface area (Å²) in [7, 11) is -3.37. The van der Waals surface area contributed by atoms with Crippen molar-refractivity contribution in [1.82, 2.24) is 14.7 Å². The first-order valence-electron chi connectivity index (χ1n) is 9.51. The Bertz CT molecular complexity index is 980. The third kappa shape index (κ3) is 6.46. The van der Waals surface area contributed by atoms with Gasteiger partial charge in [0, 0.05) is 43.6 Å². The lowest BCUT2D eigenvalue weighted by Crippen LogP contribution is -2.35. The van der Waals surface area contributed by atoms with Gasteiger partial charge in [0.2, 0.25) is 0 Å². The molecule has 160 valence electrons. The number of aliphatic hydroxyl groups excluding tert-OH is 2. The minimum atomic E-state index is -3.37. The van der Waals surface area contributed by atoms with Gasteiger partial charge in [0.25, 0.3) is 5.56 Å². The Hall–Kier alpha value is -2.07. The summed E-state index contributed by atoms with van der Waals surface area (Å²) in [5.74, 6) is 0.191. The monoisotopic (exact) mass is 423 g/mol. The van der Waals surface area contributed by atoms with E-state index in [2.05, 4.69) is 5.10 Å². The highest BCUT2D eigenvalue weighted by molar-refractivity contribution is 7.90. The average molecular weight is 424 g/mol. The average Bonchev–Trinajstić information content (AvgIpc) is 2.64. The first kappa shape index (κ1) is 23.2. The van der Waals surface area contributed by atoms with Crippen LogP contribution in [0.3, 0.4) is 0 Å². The van der Waals surface area contributed by atoms with Crippen molar-refractivity contribution in [2.24, 2.45) is 5.92 Å². The summed E-state index contributed by atoms with van der Waals surface area (Å²) < 4.78 is 25.2. The molecule has 0 saturated carbocycles. The quantitative estimate of drug-likeness (QED) is 0.580. The number of rotatable bonds is 10. The Morgan fingerprint density at radius 1 is 1.14 bits per heavy atom. The number of aromatic nitrogens is 2. The van der Waals surface area contributed by atoms with E-state index in [0.717, 1.165) is 6.26 Å². The van der Waals surface area contributed by atoms with Crippen molar-refractivity contribution in [3.05, 3.63) is 46.2 Å². The second-order valence-corrected chi connectivity index (χ2v) is 9.48. The van der Waals surface area contributed by atoms with Crippen LogP contribution in [0.15, 0.2) is 40.0 Å². The molecular formula is C20H29N3O5S. The van der Waals surface area contributed by atoms with Crippen LogP contribution in [0.25, 0.3) is 11.3 Å². The van der Waals surface area contributed by atoms with Crippen molar-refractivity contribution in [2.45, 2.75) is 31.8 Å².